The molecule has 0 heterocycles. The van der Waals surface area contributed by atoms with E-state index in [1.54, 1.807) is 7.11 Å². The molecule has 0 amide bonds. The zero-order valence-corrected chi connectivity index (χ0v) is 10.6. The van der Waals surface area contributed by atoms with Crippen molar-refractivity contribution in [2.45, 2.75) is 26.2 Å². The van der Waals surface area contributed by atoms with Crippen LogP contribution in [0.2, 0.25) is 0 Å². The van der Waals surface area contributed by atoms with E-state index in [1.165, 1.54) is 0 Å². The van der Waals surface area contributed by atoms with E-state index in [4.69, 9.17) is 19.3 Å². The van der Waals surface area contributed by atoms with Gasteiger partial charge in [-0.3, -0.25) is 0 Å². The molecule has 1 N–H and O–H groups in total. The van der Waals surface area contributed by atoms with Crippen molar-refractivity contribution in [3.8, 4) is 0 Å². The molecule has 0 aliphatic carbocycles. The summed E-state index contributed by atoms with van der Waals surface area (Å²) >= 11 is 0. The highest BCUT2D eigenvalue weighted by atomic mass is 16.5. The Morgan fingerprint density at radius 3 is 2.12 bits per heavy atom. The van der Waals surface area contributed by atoms with Crippen LogP contribution in [0.4, 0.5) is 0 Å². The maximum Gasteiger partial charge on any atom is 0.0701 e. The van der Waals surface area contributed by atoms with E-state index in [0.717, 1.165) is 19.3 Å². The van der Waals surface area contributed by atoms with Crippen LogP contribution in [0.3, 0.4) is 0 Å². The molecular formula is C12H26O4. The van der Waals surface area contributed by atoms with Gasteiger partial charge in [0.2, 0.25) is 0 Å². The Bertz CT molecular complexity index is 130. The van der Waals surface area contributed by atoms with Crippen molar-refractivity contribution in [3.05, 3.63) is 0 Å². The molecule has 0 aromatic carbocycles. The minimum absolute atomic E-state index is 0.265. The summed E-state index contributed by atoms with van der Waals surface area (Å²) in [4.78, 5) is 0. The smallest absolute Gasteiger partial charge is 0.0701 e. The van der Waals surface area contributed by atoms with Gasteiger partial charge in [0.05, 0.1) is 26.4 Å². The lowest BCUT2D eigenvalue weighted by Crippen LogP contribution is -2.12. The molecule has 0 rings (SSSR count). The van der Waals surface area contributed by atoms with Gasteiger partial charge in [0.1, 0.15) is 0 Å². The Balaban J connectivity index is 3.12. The van der Waals surface area contributed by atoms with Gasteiger partial charge in [0.15, 0.2) is 0 Å². The van der Waals surface area contributed by atoms with E-state index in [9.17, 15) is 0 Å². The van der Waals surface area contributed by atoms with Crippen LogP contribution in [0.1, 0.15) is 26.2 Å². The van der Waals surface area contributed by atoms with Crippen LogP contribution < -0.4 is 0 Å². The van der Waals surface area contributed by atoms with Gasteiger partial charge in [-0.1, -0.05) is 13.3 Å². The van der Waals surface area contributed by atoms with Crippen molar-refractivity contribution in [1.82, 2.24) is 0 Å². The molecule has 0 aliphatic heterocycles. The van der Waals surface area contributed by atoms with Gasteiger partial charge in [0.25, 0.3) is 0 Å². The van der Waals surface area contributed by atoms with Gasteiger partial charge < -0.3 is 19.3 Å². The fourth-order valence-electron chi connectivity index (χ4n) is 1.45. The number of aliphatic hydroxyl groups is 1. The van der Waals surface area contributed by atoms with Crippen molar-refractivity contribution in [1.29, 1.82) is 0 Å². The second-order valence-electron chi connectivity index (χ2n) is 3.84. The van der Waals surface area contributed by atoms with E-state index < -0.39 is 0 Å². The molecule has 1 atom stereocenters. The summed E-state index contributed by atoms with van der Waals surface area (Å²) in [6.45, 7) is 5.58. The lowest BCUT2D eigenvalue weighted by Gasteiger charge is -2.12. The molecule has 0 radical (unpaired) electrons. The standard InChI is InChI=1S/C12H26O4/c1-3-4-12(11-13)5-6-15-9-10-16-8-7-14-2/h12-13H,3-11H2,1-2H3. The van der Waals surface area contributed by atoms with Crippen molar-refractivity contribution in [2.75, 3.05) is 46.8 Å². The molecule has 4 heteroatoms. The second kappa shape index (κ2) is 12.9. The van der Waals surface area contributed by atoms with Crippen LogP contribution in [0.15, 0.2) is 0 Å². The Hall–Kier alpha value is -0.160. The summed E-state index contributed by atoms with van der Waals surface area (Å²) in [6.07, 6.45) is 3.12. The molecule has 0 spiro atoms. The highest BCUT2D eigenvalue weighted by molar-refractivity contribution is 4.55. The van der Waals surface area contributed by atoms with Crippen molar-refractivity contribution < 1.29 is 19.3 Å². The van der Waals surface area contributed by atoms with Gasteiger partial charge in [0, 0.05) is 20.3 Å². The van der Waals surface area contributed by atoms with E-state index in [0.29, 0.717) is 39.0 Å². The molecule has 0 saturated carbocycles. The zero-order chi connectivity index (χ0) is 12.1. The van der Waals surface area contributed by atoms with Crippen molar-refractivity contribution in [3.63, 3.8) is 0 Å². The third kappa shape index (κ3) is 10.4. The van der Waals surface area contributed by atoms with Crippen LogP contribution in [0, 0.1) is 5.92 Å². The van der Waals surface area contributed by atoms with Crippen molar-refractivity contribution in [2.24, 2.45) is 5.92 Å². The Morgan fingerprint density at radius 1 is 0.938 bits per heavy atom. The Kier molecular flexibility index (Phi) is 12.8. The molecule has 16 heavy (non-hydrogen) atoms. The van der Waals surface area contributed by atoms with Crippen LogP contribution in [0.25, 0.3) is 0 Å². The predicted molar refractivity (Wildman–Crippen MR) is 63.6 cm³/mol. The first kappa shape index (κ1) is 15.8. The second-order valence-corrected chi connectivity index (χ2v) is 3.84. The summed E-state index contributed by atoms with van der Waals surface area (Å²) in [5.74, 6) is 0.388. The minimum Gasteiger partial charge on any atom is -0.396 e. The normalized spacial score (nSPS) is 12.9. The fraction of sp³-hybridized carbons (Fsp3) is 1.00. The summed E-state index contributed by atoms with van der Waals surface area (Å²) in [5.41, 5.74) is 0. The predicted octanol–water partition coefficient (Wildman–Crippen LogP) is 1.46. The van der Waals surface area contributed by atoms with E-state index in [2.05, 4.69) is 6.92 Å². The lowest BCUT2D eigenvalue weighted by atomic mass is 10.0. The number of ether oxygens (including phenoxy) is 3. The molecule has 98 valence electrons. The first-order chi connectivity index (χ1) is 7.85. The topological polar surface area (TPSA) is 47.9 Å². The van der Waals surface area contributed by atoms with E-state index in [-0.39, 0.29) is 6.61 Å². The quantitative estimate of drug-likeness (QED) is 0.519. The van der Waals surface area contributed by atoms with Gasteiger partial charge in [-0.25, -0.2) is 0 Å². The van der Waals surface area contributed by atoms with Gasteiger partial charge in [-0.05, 0) is 18.8 Å². The highest BCUT2D eigenvalue weighted by Gasteiger charge is 2.05. The first-order valence-electron chi connectivity index (χ1n) is 6.10. The Labute approximate surface area is 98.9 Å². The lowest BCUT2D eigenvalue weighted by molar-refractivity contribution is 0.0198. The summed E-state index contributed by atoms with van der Waals surface area (Å²) in [5, 5.41) is 9.06. The number of methoxy groups -OCH3 is 1. The SMILES string of the molecule is CCCC(CO)CCOCCOCCOC. The molecule has 0 saturated heterocycles. The van der Waals surface area contributed by atoms with Gasteiger partial charge >= 0.3 is 0 Å². The van der Waals surface area contributed by atoms with Gasteiger partial charge in [-0.15, -0.1) is 0 Å². The fourth-order valence-corrected chi connectivity index (χ4v) is 1.45. The summed E-state index contributed by atoms with van der Waals surface area (Å²) in [7, 11) is 1.66. The van der Waals surface area contributed by atoms with Crippen LogP contribution in [0.5, 0.6) is 0 Å². The number of rotatable bonds is 12. The molecule has 0 aromatic rings. The monoisotopic (exact) mass is 234 g/mol. The molecule has 4 nitrogen and oxygen atoms in total. The maximum absolute atomic E-state index is 9.06. The largest absolute Gasteiger partial charge is 0.396 e. The average molecular weight is 234 g/mol. The van der Waals surface area contributed by atoms with Crippen molar-refractivity contribution >= 4 is 0 Å². The summed E-state index contributed by atoms with van der Waals surface area (Å²) in [6, 6.07) is 0. The highest BCUT2D eigenvalue weighted by Crippen LogP contribution is 2.09. The third-order valence-corrected chi connectivity index (χ3v) is 2.43. The third-order valence-electron chi connectivity index (χ3n) is 2.43. The number of hydrogen-bond donors (Lipinski definition) is 1. The van der Waals surface area contributed by atoms with Crippen LogP contribution in [-0.2, 0) is 14.2 Å². The van der Waals surface area contributed by atoms with Gasteiger partial charge in [-0.2, -0.15) is 0 Å². The molecule has 0 bridgehead atoms. The average Bonchev–Trinajstić information content (AvgIpc) is 2.31. The molecule has 0 aromatic heterocycles. The number of aliphatic hydroxyl groups excluding tert-OH is 1. The van der Waals surface area contributed by atoms with E-state index >= 15 is 0 Å². The summed E-state index contributed by atoms with van der Waals surface area (Å²) < 4.78 is 15.5. The maximum atomic E-state index is 9.06. The Morgan fingerprint density at radius 2 is 1.56 bits per heavy atom. The molecule has 1 unspecified atom stereocenters. The first-order valence-corrected chi connectivity index (χ1v) is 6.10. The zero-order valence-electron chi connectivity index (χ0n) is 10.6. The van der Waals surface area contributed by atoms with Crippen LogP contribution >= 0.6 is 0 Å². The molecule has 0 fully saturated rings. The minimum atomic E-state index is 0.265. The molecule has 0 aliphatic rings. The van der Waals surface area contributed by atoms with Crippen LogP contribution in [-0.4, -0.2) is 51.9 Å². The van der Waals surface area contributed by atoms with E-state index in [1.807, 2.05) is 0 Å². The number of hydrogen-bond acceptors (Lipinski definition) is 4. The molecular weight excluding hydrogens is 208 g/mol.